The molecule has 100 valence electrons. The van der Waals surface area contributed by atoms with E-state index < -0.39 is 0 Å². The quantitative estimate of drug-likeness (QED) is 0.734. The Kier molecular flexibility index (Phi) is 5.25. The largest absolute Gasteiger partial charge is 0.299 e. The fraction of sp³-hybridized carbons (Fsp3) is 0.625. The van der Waals surface area contributed by atoms with Crippen molar-refractivity contribution >= 4 is 15.9 Å². The van der Waals surface area contributed by atoms with Gasteiger partial charge in [0.25, 0.3) is 0 Å². The van der Waals surface area contributed by atoms with Gasteiger partial charge < -0.3 is 0 Å². The molecule has 2 atom stereocenters. The van der Waals surface area contributed by atoms with Crippen molar-refractivity contribution in [1.82, 2.24) is 4.90 Å². The number of rotatable bonds is 5. The third-order valence-corrected chi connectivity index (χ3v) is 4.88. The minimum atomic E-state index is 0.616. The predicted octanol–water partition coefficient (Wildman–Crippen LogP) is 4.29. The predicted molar refractivity (Wildman–Crippen MR) is 82.4 cm³/mol. The molecule has 0 spiro atoms. The Bertz CT molecular complexity index is 349. The van der Waals surface area contributed by atoms with E-state index in [-0.39, 0.29) is 0 Å². The van der Waals surface area contributed by atoms with E-state index in [4.69, 9.17) is 0 Å². The first kappa shape index (κ1) is 14.1. The van der Waals surface area contributed by atoms with Crippen molar-refractivity contribution in [3.63, 3.8) is 0 Å². The fourth-order valence-electron chi connectivity index (χ4n) is 3.09. The second-order valence-electron chi connectivity index (χ2n) is 5.71. The summed E-state index contributed by atoms with van der Waals surface area (Å²) in [6, 6.07) is 11.7. The molecular formula is C16H24BrN. The highest BCUT2D eigenvalue weighted by Gasteiger charge is 2.28. The maximum Gasteiger partial charge on any atom is 0.0119 e. The lowest BCUT2D eigenvalue weighted by Crippen LogP contribution is -2.36. The second kappa shape index (κ2) is 6.72. The molecule has 0 saturated carbocycles. The van der Waals surface area contributed by atoms with Gasteiger partial charge in [0, 0.05) is 23.8 Å². The topological polar surface area (TPSA) is 3.24 Å². The summed E-state index contributed by atoms with van der Waals surface area (Å²) in [5.74, 6) is 1.39. The van der Waals surface area contributed by atoms with Gasteiger partial charge in [-0.05, 0) is 30.9 Å². The van der Waals surface area contributed by atoms with E-state index >= 15 is 0 Å². The van der Waals surface area contributed by atoms with E-state index in [2.05, 4.69) is 65.0 Å². The fourth-order valence-corrected chi connectivity index (χ4v) is 3.66. The Morgan fingerprint density at radius 1 is 1.28 bits per heavy atom. The van der Waals surface area contributed by atoms with E-state index in [0.29, 0.717) is 5.92 Å². The highest BCUT2D eigenvalue weighted by molar-refractivity contribution is 9.09. The minimum Gasteiger partial charge on any atom is -0.299 e. The number of hydrogen-bond acceptors (Lipinski definition) is 1. The van der Waals surface area contributed by atoms with Crippen molar-refractivity contribution in [2.75, 3.05) is 18.4 Å². The molecule has 1 aromatic carbocycles. The summed E-state index contributed by atoms with van der Waals surface area (Å²) in [7, 11) is 0. The number of likely N-dealkylation sites (tertiary alicyclic amines) is 1. The number of alkyl halides is 1. The van der Waals surface area contributed by atoms with Gasteiger partial charge in [-0.2, -0.15) is 0 Å². The summed E-state index contributed by atoms with van der Waals surface area (Å²) in [5.41, 5.74) is 1.46. The van der Waals surface area contributed by atoms with Gasteiger partial charge in [0.2, 0.25) is 0 Å². The zero-order chi connectivity index (χ0) is 13.0. The van der Waals surface area contributed by atoms with Gasteiger partial charge in [-0.3, -0.25) is 4.90 Å². The highest BCUT2D eigenvalue weighted by Crippen LogP contribution is 2.28. The zero-order valence-corrected chi connectivity index (χ0v) is 13.1. The van der Waals surface area contributed by atoms with Crippen LogP contribution in [0.15, 0.2) is 30.3 Å². The lowest BCUT2D eigenvalue weighted by molar-refractivity contribution is 0.199. The molecule has 0 N–H and O–H groups in total. The molecule has 2 heteroatoms. The molecule has 1 aliphatic heterocycles. The van der Waals surface area contributed by atoms with Crippen LogP contribution in [0.1, 0.15) is 38.2 Å². The first-order valence-corrected chi connectivity index (χ1v) is 8.19. The monoisotopic (exact) mass is 309 g/mol. The molecule has 1 aliphatic rings. The molecule has 18 heavy (non-hydrogen) atoms. The average Bonchev–Trinajstić information content (AvgIpc) is 2.85. The molecule has 1 nitrogen and oxygen atoms in total. The van der Waals surface area contributed by atoms with Crippen LogP contribution in [0.5, 0.6) is 0 Å². The molecule has 1 fully saturated rings. The van der Waals surface area contributed by atoms with Crippen molar-refractivity contribution in [2.45, 2.75) is 38.6 Å². The first-order chi connectivity index (χ1) is 8.72. The number of benzene rings is 1. The van der Waals surface area contributed by atoms with Crippen molar-refractivity contribution < 1.29 is 0 Å². The summed E-state index contributed by atoms with van der Waals surface area (Å²) in [5, 5.41) is 1.05. The van der Waals surface area contributed by atoms with Crippen molar-refractivity contribution in [1.29, 1.82) is 0 Å². The van der Waals surface area contributed by atoms with Crippen LogP contribution in [0, 0.1) is 5.92 Å². The summed E-state index contributed by atoms with van der Waals surface area (Å²) >= 11 is 3.69. The Labute approximate surface area is 120 Å². The van der Waals surface area contributed by atoms with Crippen LogP contribution in [0.3, 0.4) is 0 Å². The molecule has 1 saturated heterocycles. The SMILES string of the molecule is CC(C)C1CCCN1CC(CBr)c1ccccc1. The summed E-state index contributed by atoms with van der Waals surface area (Å²) in [4.78, 5) is 2.70. The van der Waals surface area contributed by atoms with Gasteiger partial charge in [0.1, 0.15) is 0 Å². The lowest BCUT2D eigenvalue weighted by atomic mass is 9.98. The van der Waals surface area contributed by atoms with Gasteiger partial charge in [-0.15, -0.1) is 0 Å². The molecule has 0 amide bonds. The Morgan fingerprint density at radius 2 is 2.00 bits per heavy atom. The Hall–Kier alpha value is -0.340. The van der Waals surface area contributed by atoms with Crippen LogP contribution in [0.4, 0.5) is 0 Å². The van der Waals surface area contributed by atoms with E-state index in [1.54, 1.807) is 0 Å². The van der Waals surface area contributed by atoms with Gasteiger partial charge in [0.05, 0.1) is 0 Å². The van der Waals surface area contributed by atoms with Crippen molar-refractivity contribution in [2.24, 2.45) is 5.92 Å². The van der Waals surface area contributed by atoms with Gasteiger partial charge in [-0.25, -0.2) is 0 Å². The Balaban J connectivity index is 2.02. The van der Waals surface area contributed by atoms with Gasteiger partial charge in [-0.1, -0.05) is 60.1 Å². The van der Waals surface area contributed by atoms with E-state index in [1.807, 2.05) is 0 Å². The summed E-state index contributed by atoms with van der Waals surface area (Å²) in [6.07, 6.45) is 2.74. The van der Waals surface area contributed by atoms with Crippen LogP contribution in [-0.2, 0) is 0 Å². The highest BCUT2D eigenvalue weighted by atomic mass is 79.9. The minimum absolute atomic E-state index is 0.616. The first-order valence-electron chi connectivity index (χ1n) is 7.07. The molecule has 0 aliphatic carbocycles. The lowest BCUT2D eigenvalue weighted by Gasteiger charge is -2.30. The maximum absolute atomic E-state index is 3.69. The molecule has 1 aromatic rings. The third kappa shape index (κ3) is 3.36. The smallest absolute Gasteiger partial charge is 0.0119 e. The van der Waals surface area contributed by atoms with E-state index in [0.717, 1.165) is 17.3 Å². The number of halogens is 1. The van der Waals surface area contributed by atoms with Crippen LogP contribution in [-0.4, -0.2) is 29.4 Å². The molecular weight excluding hydrogens is 286 g/mol. The molecule has 1 heterocycles. The molecule has 0 bridgehead atoms. The number of nitrogens with zero attached hydrogens (tertiary/aromatic N) is 1. The normalized spacial score (nSPS) is 22.6. The maximum atomic E-state index is 3.69. The van der Waals surface area contributed by atoms with Crippen LogP contribution >= 0.6 is 15.9 Å². The molecule has 0 radical (unpaired) electrons. The second-order valence-corrected chi connectivity index (χ2v) is 6.36. The molecule has 2 unspecified atom stereocenters. The standard InChI is InChI=1S/C16H24BrN/c1-13(2)16-9-6-10-18(16)12-15(11-17)14-7-4-3-5-8-14/h3-5,7-8,13,15-16H,6,9-12H2,1-2H3. The Morgan fingerprint density at radius 3 is 2.61 bits per heavy atom. The molecule has 0 aromatic heterocycles. The van der Waals surface area contributed by atoms with Crippen molar-refractivity contribution in [3.8, 4) is 0 Å². The third-order valence-electron chi connectivity index (χ3n) is 4.10. The zero-order valence-electron chi connectivity index (χ0n) is 11.5. The van der Waals surface area contributed by atoms with Crippen LogP contribution in [0.25, 0.3) is 0 Å². The van der Waals surface area contributed by atoms with Crippen molar-refractivity contribution in [3.05, 3.63) is 35.9 Å². The van der Waals surface area contributed by atoms with Crippen LogP contribution in [0.2, 0.25) is 0 Å². The van der Waals surface area contributed by atoms with E-state index in [9.17, 15) is 0 Å². The average molecular weight is 310 g/mol. The summed E-state index contributed by atoms with van der Waals surface area (Å²) in [6.45, 7) is 7.18. The van der Waals surface area contributed by atoms with Gasteiger partial charge in [0.15, 0.2) is 0 Å². The van der Waals surface area contributed by atoms with Gasteiger partial charge >= 0.3 is 0 Å². The van der Waals surface area contributed by atoms with Crippen LogP contribution < -0.4 is 0 Å². The van der Waals surface area contributed by atoms with E-state index in [1.165, 1.54) is 31.5 Å². The summed E-state index contributed by atoms with van der Waals surface area (Å²) < 4.78 is 0. The molecule has 2 rings (SSSR count). The number of hydrogen-bond donors (Lipinski definition) is 0.